The molecular weight excluding hydrogens is 207 g/mol. The van der Waals surface area contributed by atoms with Crippen LogP contribution in [-0.2, 0) is 5.54 Å². The second kappa shape index (κ2) is 4.80. The van der Waals surface area contributed by atoms with Crippen molar-refractivity contribution in [3.63, 3.8) is 0 Å². The van der Waals surface area contributed by atoms with Crippen LogP contribution in [-0.4, -0.2) is 4.98 Å². The van der Waals surface area contributed by atoms with Gasteiger partial charge in [-0.05, 0) is 37.0 Å². The molecule has 1 saturated carbocycles. The molecule has 4 heteroatoms. The Labute approximate surface area is 90.8 Å². The molecule has 1 fully saturated rings. The van der Waals surface area contributed by atoms with Gasteiger partial charge < -0.3 is 5.73 Å². The van der Waals surface area contributed by atoms with Crippen molar-refractivity contribution in [1.82, 2.24) is 4.98 Å². The van der Waals surface area contributed by atoms with Crippen molar-refractivity contribution < 1.29 is 0 Å². The first kappa shape index (κ1) is 12.7. The molecule has 74 valence electrons. The molecule has 1 aromatic heterocycles. The lowest BCUT2D eigenvalue weighted by Crippen LogP contribution is -2.43. The van der Waals surface area contributed by atoms with Gasteiger partial charge in [0.1, 0.15) is 0 Å². The maximum absolute atomic E-state index is 6.10. The first-order valence-electron chi connectivity index (χ1n) is 4.01. The van der Waals surface area contributed by atoms with Gasteiger partial charge in [0.2, 0.25) is 0 Å². The Balaban J connectivity index is 0.000000720. The highest BCUT2D eigenvalue weighted by molar-refractivity contribution is 5.85. The Kier molecular flexibility index (Phi) is 4.68. The van der Waals surface area contributed by atoms with E-state index in [1.165, 1.54) is 12.0 Å². The molecule has 0 atom stereocenters. The zero-order chi connectivity index (χ0) is 7.73. The van der Waals surface area contributed by atoms with E-state index in [0.29, 0.717) is 0 Å². The second-order valence-corrected chi connectivity index (χ2v) is 3.25. The average Bonchev–Trinajstić information content (AvgIpc) is 2.02. The predicted molar refractivity (Wildman–Crippen MR) is 58.4 cm³/mol. The number of pyridine rings is 1. The minimum absolute atomic E-state index is 0. The van der Waals surface area contributed by atoms with E-state index in [4.69, 9.17) is 5.73 Å². The lowest BCUT2D eigenvalue weighted by molar-refractivity contribution is 0.253. The van der Waals surface area contributed by atoms with Crippen LogP contribution < -0.4 is 5.73 Å². The van der Waals surface area contributed by atoms with Gasteiger partial charge in [0.25, 0.3) is 0 Å². The summed E-state index contributed by atoms with van der Waals surface area (Å²) in [7, 11) is 0. The topological polar surface area (TPSA) is 38.9 Å². The Hall–Kier alpha value is -0.310. The summed E-state index contributed by atoms with van der Waals surface area (Å²) in [4.78, 5) is 3.96. The summed E-state index contributed by atoms with van der Waals surface area (Å²) in [6, 6.07) is 4.03. The van der Waals surface area contributed by atoms with Crippen LogP contribution in [0.4, 0.5) is 0 Å². The number of nitrogens with zero attached hydrogens (tertiary/aromatic N) is 1. The van der Waals surface area contributed by atoms with Crippen LogP contribution in [0.1, 0.15) is 24.8 Å². The molecule has 0 saturated heterocycles. The molecule has 0 aliphatic heterocycles. The minimum atomic E-state index is -0.0249. The van der Waals surface area contributed by atoms with E-state index < -0.39 is 0 Å². The van der Waals surface area contributed by atoms with Gasteiger partial charge in [-0.25, -0.2) is 0 Å². The van der Waals surface area contributed by atoms with E-state index in [1.54, 1.807) is 0 Å². The number of aromatic nitrogens is 1. The van der Waals surface area contributed by atoms with E-state index in [2.05, 4.69) is 4.98 Å². The molecule has 1 aliphatic carbocycles. The summed E-state index contributed by atoms with van der Waals surface area (Å²) in [6.07, 6.45) is 7.12. The van der Waals surface area contributed by atoms with Crippen LogP contribution in [0.3, 0.4) is 0 Å². The van der Waals surface area contributed by atoms with Gasteiger partial charge in [0.15, 0.2) is 0 Å². The maximum atomic E-state index is 6.10. The molecule has 1 aliphatic rings. The smallest absolute Gasteiger partial charge is 0.0410 e. The van der Waals surface area contributed by atoms with Crippen LogP contribution >= 0.6 is 24.8 Å². The monoisotopic (exact) mass is 220 g/mol. The largest absolute Gasteiger partial charge is 0.321 e. The third-order valence-corrected chi connectivity index (χ3v) is 2.50. The van der Waals surface area contributed by atoms with Gasteiger partial charge in [0.05, 0.1) is 0 Å². The molecule has 2 rings (SSSR count). The summed E-state index contributed by atoms with van der Waals surface area (Å²) in [5.41, 5.74) is 7.31. The highest BCUT2D eigenvalue weighted by atomic mass is 35.5. The number of halogens is 2. The third-order valence-electron chi connectivity index (χ3n) is 2.50. The highest BCUT2D eigenvalue weighted by Crippen LogP contribution is 2.37. The quantitative estimate of drug-likeness (QED) is 0.789. The first-order valence-corrected chi connectivity index (χ1v) is 4.01. The van der Waals surface area contributed by atoms with E-state index in [-0.39, 0.29) is 30.4 Å². The zero-order valence-electron chi connectivity index (χ0n) is 7.27. The molecular formula is C9H14Cl2N2. The van der Waals surface area contributed by atoms with Gasteiger partial charge in [-0.15, -0.1) is 24.8 Å². The fraction of sp³-hybridized carbons (Fsp3) is 0.444. The summed E-state index contributed by atoms with van der Waals surface area (Å²) < 4.78 is 0. The maximum Gasteiger partial charge on any atom is 0.0410 e. The lowest BCUT2D eigenvalue weighted by atomic mass is 9.73. The van der Waals surface area contributed by atoms with Crippen molar-refractivity contribution in [3.05, 3.63) is 30.1 Å². The normalized spacial score (nSPS) is 17.6. The number of hydrogen-bond acceptors (Lipinski definition) is 2. The lowest BCUT2D eigenvalue weighted by Gasteiger charge is -2.38. The minimum Gasteiger partial charge on any atom is -0.321 e. The molecule has 2 nitrogen and oxygen atoms in total. The summed E-state index contributed by atoms with van der Waals surface area (Å²) in [5, 5.41) is 0. The summed E-state index contributed by atoms with van der Waals surface area (Å²) >= 11 is 0. The van der Waals surface area contributed by atoms with Crippen molar-refractivity contribution in [2.24, 2.45) is 5.73 Å². The highest BCUT2D eigenvalue weighted by Gasteiger charge is 2.33. The van der Waals surface area contributed by atoms with E-state index in [1.807, 2.05) is 24.5 Å². The number of nitrogens with two attached hydrogens (primary N) is 1. The van der Waals surface area contributed by atoms with Gasteiger partial charge in [-0.2, -0.15) is 0 Å². The van der Waals surface area contributed by atoms with Crippen molar-refractivity contribution in [2.45, 2.75) is 24.8 Å². The van der Waals surface area contributed by atoms with Crippen LogP contribution in [0.25, 0.3) is 0 Å². The van der Waals surface area contributed by atoms with Gasteiger partial charge in [-0.3, -0.25) is 4.98 Å². The molecule has 0 amide bonds. The van der Waals surface area contributed by atoms with Crippen LogP contribution in [0.2, 0.25) is 0 Å². The van der Waals surface area contributed by atoms with E-state index in [0.717, 1.165) is 12.8 Å². The van der Waals surface area contributed by atoms with E-state index >= 15 is 0 Å². The molecule has 0 bridgehead atoms. The molecule has 0 radical (unpaired) electrons. The molecule has 1 heterocycles. The van der Waals surface area contributed by atoms with Crippen molar-refractivity contribution >= 4 is 24.8 Å². The van der Waals surface area contributed by atoms with Crippen molar-refractivity contribution in [2.75, 3.05) is 0 Å². The number of hydrogen-bond donors (Lipinski definition) is 1. The average molecular weight is 221 g/mol. The fourth-order valence-electron chi connectivity index (χ4n) is 1.53. The van der Waals surface area contributed by atoms with Crippen molar-refractivity contribution in [3.8, 4) is 0 Å². The third kappa shape index (κ3) is 2.33. The van der Waals surface area contributed by atoms with Crippen LogP contribution in [0, 0.1) is 0 Å². The molecule has 0 aromatic carbocycles. The Morgan fingerprint density at radius 1 is 1.15 bits per heavy atom. The number of rotatable bonds is 1. The molecule has 0 unspecified atom stereocenters. The van der Waals surface area contributed by atoms with Crippen LogP contribution in [0.15, 0.2) is 24.5 Å². The van der Waals surface area contributed by atoms with Gasteiger partial charge in [0, 0.05) is 17.9 Å². The van der Waals surface area contributed by atoms with Gasteiger partial charge >= 0.3 is 0 Å². The summed E-state index contributed by atoms with van der Waals surface area (Å²) in [5.74, 6) is 0. The Morgan fingerprint density at radius 3 is 2.08 bits per heavy atom. The standard InChI is InChI=1S/C9H12N2.2ClH/c10-9(4-1-5-9)8-2-6-11-7-3-8;;/h2-3,6-7H,1,4-5,10H2;2*1H. The zero-order valence-corrected chi connectivity index (χ0v) is 8.90. The van der Waals surface area contributed by atoms with Crippen LogP contribution in [0.5, 0.6) is 0 Å². The van der Waals surface area contributed by atoms with Crippen molar-refractivity contribution in [1.29, 1.82) is 0 Å². The first-order chi connectivity index (χ1) is 5.31. The van der Waals surface area contributed by atoms with E-state index in [9.17, 15) is 0 Å². The molecule has 13 heavy (non-hydrogen) atoms. The predicted octanol–water partition coefficient (Wildman–Crippen LogP) is 2.26. The molecule has 0 spiro atoms. The Morgan fingerprint density at radius 2 is 1.69 bits per heavy atom. The van der Waals surface area contributed by atoms with Gasteiger partial charge in [-0.1, -0.05) is 0 Å². The Bertz CT molecular complexity index is 247. The summed E-state index contributed by atoms with van der Waals surface area (Å²) in [6.45, 7) is 0. The second-order valence-electron chi connectivity index (χ2n) is 3.25. The SMILES string of the molecule is Cl.Cl.NC1(c2ccncc2)CCC1. The molecule has 2 N–H and O–H groups in total. The molecule has 1 aromatic rings. The fourth-order valence-corrected chi connectivity index (χ4v) is 1.53.